The van der Waals surface area contributed by atoms with Crippen LogP contribution >= 0.6 is 0 Å². The molecule has 2 aliphatic heterocycles. The minimum atomic E-state index is -3.44. The summed E-state index contributed by atoms with van der Waals surface area (Å²) in [6.45, 7) is 2.18. The van der Waals surface area contributed by atoms with Gasteiger partial charge < -0.3 is 0 Å². The van der Waals surface area contributed by atoms with Crippen molar-refractivity contribution in [1.82, 2.24) is 8.61 Å². The van der Waals surface area contributed by atoms with Gasteiger partial charge in [0, 0.05) is 26.2 Å². The average Bonchev–Trinajstić information content (AvgIpc) is 3.37. The second-order valence-electron chi connectivity index (χ2n) is 5.48. The summed E-state index contributed by atoms with van der Waals surface area (Å²) in [6.07, 6.45) is 0. The average molecular weight is 338 g/mol. The van der Waals surface area contributed by atoms with Crippen LogP contribution in [0.15, 0.2) is 46.2 Å². The van der Waals surface area contributed by atoms with Gasteiger partial charge in [0.25, 0.3) is 0 Å². The topological polar surface area (TPSA) is 74.3 Å². The van der Waals surface area contributed by atoms with Crippen molar-refractivity contribution in [3.8, 4) is 0 Å². The van der Waals surface area contributed by atoms with Crippen molar-refractivity contribution in [1.29, 1.82) is 0 Å². The molecule has 6 nitrogen and oxygen atoms in total. The molecule has 0 spiro atoms. The number of nitrogens with zero attached hydrogens (tertiary/aromatic N) is 2. The summed E-state index contributed by atoms with van der Waals surface area (Å²) in [7, 11) is -6.87. The zero-order valence-electron chi connectivity index (χ0n) is 11.6. The molecule has 8 heteroatoms. The van der Waals surface area contributed by atoms with E-state index in [0.29, 0.717) is 31.6 Å². The monoisotopic (exact) mass is 338 g/mol. The SMILES string of the molecule is O=S(=O)(c1ccc2ccc(S(=O)(=O)N3CC3)cc2c1)N1CC1. The lowest BCUT2D eigenvalue weighted by atomic mass is 10.1. The van der Waals surface area contributed by atoms with Crippen LogP contribution in [0.3, 0.4) is 0 Å². The lowest BCUT2D eigenvalue weighted by Gasteiger charge is -2.08. The minimum absolute atomic E-state index is 0.207. The molecule has 2 aromatic rings. The predicted molar refractivity (Wildman–Crippen MR) is 81.5 cm³/mol. The fourth-order valence-electron chi connectivity index (χ4n) is 2.38. The maximum absolute atomic E-state index is 12.2. The van der Waals surface area contributed by atoms with Gasteiger partial charge in [-0.2, -0.15) is 8.61 Å². The Labute approximate surface area is 129 Å². The molecule has 2 aromatic carbocycles. The second-order valence-corrected chi connectivity index (χ2v) is 9.35. The zero-order chi connectivity index (χ0) is 15.5. The van der Waals surface area contributed by atoms with Crippen LogP contribution in [0.4, 0.5) is 0 Å². The van der Waals surface area contributed by atoms with E-state index in [4.69, 9.17) is 0 Å². The maximum atomic E-state index is 12.2. The fourth-order valence-corrected chi connectivity index (χ4v) is 5.14. The van der Waals surface area contributed by atoms with Crippen molar-refractivity contribution in [3.63, 3.8) is 0 Å². The zero-order valence-corrected chi connectivity index (χ0v) is 13.3. The highest BCUT2D eigenvalue weighted by Gasteiger charge is 2.34. The fraction of sp³-hybridized carbons (Fsp3) is 0.286. The molecule has 0 saturated carbocycles. The molecular weight excluding hydrogens is 324 g/mol. The summed E-state index contributed by atoms with van der Waals surface area (Å²) in [4.78, 5) is 0.414. The Bertz CT molecular complexity index is 898. The van der Waals surface area contributed by atoms with Crippen molar-refractivity contribution >= 4 is 30.8 Å². The molecule has 0 unspecified atom stereocenters. The van der Waals surface area contributed by atoms with Crippen LogP contribution < -0.4 is 0 Å². The van der Waals surface area contributed by atoms with Gasteiger partial charge in [-0.1, -0.05) is 12.1 Å². The first-order chi connectivity index (χ1) is 10.4. The van der Waals surface area contributed by atoms with Crippen molar-refractivity contribution in [2.45, 2.75) is 9.79 Å². The molecule has 2 fully saturated rings. The summed E-state index contributed by atoms with van der Waals surface area (Å²) in [5.41, 5.74) is 0. The third-order valence-electron chi connectivity index (χ3n) is 3.87. The van der Waals surface area contributed by atoms with Crippen LogP contribution in [0.2, 0.25) is 0 Å². The maximum Gasteiger partial charge on any atom is 0.243 e. The van der Waals surface area contributed by atoms with E-state index in [-0.39, 0.29) is 9.79 Å². The highest BCUT2D eigenvalue weighted by atomic mass is 32.2. The molecule has 2 saturated heterocycles. The van der Waals surface area contributed by atoms with Gasteiger partial charge in [-0.05, 0) is 35.0 Å². The quantitative estimate of drug-likeness (QED) is 0.775. The first-order valence-electron chi connectivity index (χ1n) is 6.93. The molecular formula is C14H14N2O4S2. The van der Waals surface area contributed by atoms with Gasteiger partial charge in [0.05, 0.1) is 9.79 Å². The molecule has 22 heavy (non-hydrogen) atoms. The molecule has 0 bridgehead atoms. The Kier molecular flexibility index (Phi) is 2.90. The third kappa shape index (κ3) is 2.23. The van der Waals surface area contributed by atoms with Gasteiger partial charge in [0.15, 0.2) is 0 Å². The molecule has 116 valence electrons. The Morgan fingerprint density at radius 2 is 1.05 bits per heavy atom. The molecule has 0 radical (unpaired) electrons. The van der Waals surface area contributed by atoms with E-state index in [9.17, 15) is 16.8 Å². The largest absolute Gasteiger partial charge is 0.243 e. The lowest BCUT2D eigenvalue weighted by Crippen LogP contribution is -2.12. The van der Waals surface area contributed by atoms with Gasteiger partial charge in [-0.3, -0.25) is 0 Å². The van der Waals surface area contributed by atoms with Gasteiger partial charge in [-0.15, -0.1) is 0 Å². The highest BCUT2D eigenvalue weighted by molar-refractivity contribution is 7.89. The van der Waals surface area contributed by atoms with E-state index in [1.165, 1.54) is 8.61 Å². The van der Waals surface area contributed by atoms with E-state index in [2.05, 4.69) is 0 Å². The number of fused-ring (bicyclic) bond motifs is 1. The van der Waals surface area contributed by atoms with Crippen LogP contribution in [0.5, 0.6) is 0 Å². The van der Waals surface area contributed by atoms with Crippen LogP contribution in [0, 0.1) is 0 Å². The standard InChI is InChI=1S/C14H14N2O4S2/c17-21(18,15-5-6-15)13-3-1-11-2-4-14(10-12(11)9-13)22(19,20)16-7-8-16/h1-4,9-10H,5-8H2. The van der Waals surface area contributed by atoms with Gasteiger partial charge in [0.1, 0.15) is 0 Å². The van der Waals surface area contributed by atoms with Crippen molar-refractivity contribution < 1.29 is 16.8 Å². The molecule has 2 heterocycles. The second kappa shape index (κ2) is 4.51. The number of hydrogen-bond donors (Lipinski definition) is 0. The molecule has 4 rings (SSSR count). The van der Waals surface area contributed by atoms with E-state index in [0.717, 1.165) is 5.39 Å². The van der Waals surface area contributed by atoms with E-state index in [1.54, 1.807) is 36.4 Å². The number of rotatable bonds is 4. The predicted octanol–water partition coefficient (Wildman–Crippen LogP) is 0.848. The molecule has 0 amide bonds. The van der Waals surface area contributed by atoms with Gasteiger partial charge in [0.2, 0.25) is 20.0 Å². The van der Waals surface area contributed by atoms with Gasteiger partial charge >= 0.3 is 0 Å². The van der Waals surface area contributed by atoms with Gasteiger partial charge in [-0.25, -0.2) is 16.8 Å². The summed E-state index contributed by atoms with van der Waals surface area (Å²) in [5, 5.41) is 1.43. The minimum Gasteiger partial charge on any atom is -0.207 e. The molecule has 0 aromatic heterocycles. The van der Waals surface area contributed by atoms with E-state index < -0.39 is 20.0 Å². The van der Waals surface area contributed by atoms with Crippen LogP contribution in [0.25, 0.3) is 10.8 Å². The van der Waals surface area contributed by atoms with E-state index >= 15 is 0 Å². The number of sulfonamides is 2. The smallest absolute Gasteiger partial charge is 0.207 e. The molecule has 0 N–H and O–H groups in total. The molecule has 2 aliphatic rings. The highest BCUT2D eigenvalue weighted by Crippen LogP contribution is 2.28. The summed E-state index contributed by atoms with van der Waals surface area (Å²) < 4.78 is 51.7. The van der Waals surface area contributed by atoms with Crippen molar-refractivity contribution in [2.75, 3.05) is 26.2 Å². The lowest BCUT2D eigenvalue weighted by molar-refractivity contribution is 0.562. The summed E-state index contributed by atoms with van der Waals surface area (Å²) >= 11 is 0. The Hall–Kier alpha value is -1.48. The van der Waals surface area contributed by atoms with Crippen LogP contribution in [-0.4, -0.2) is 51.6 Å². The van der Waals surface area contributed by atoms with Crippen LogP contribution in [0.1, 0.15) is 0 Å². The van der Waals surface area contributed by atoms with Crippen LogP contribution in [-0.2, 0) is 20.0 Å². The first-order valence-corrected chi connectivity index (χ1v) is 9.81. The van der Waals surface area contributed by atoms with Crippen molar-refractivity contribution in [3.05, 3.63) is 36.4 Å². The Morgan fingerprint density at radius 1 is 0.636 bits per heavy atom. The normalized spacial score (nSPS) is 19.5. The van der Waals surface area contributed by atoms with E-state index in [1.807, 2.05) is 0 Å². The molecule has 0 atom stereocenters. The number of benzene rings is 2. The molecule has 0 aliphatic carbocycles. The number of hydrogen-bond acceptors (Lipinski definition) is 4. The Morgan fingerprint density at radius 3 is 1.41 bits per heavy atom. The third-order valence-corrected chi connectivity index (χ3v) is 7.66. The summed E-state index contributed by atoms with van der Waals surface area (Å²) in [6, 6.07) is 9.64. The Balaban J connectivity index is 1.84. The van der Waals surface area contributed by atoms with Crippen molar-refractivity contribution in [2.24, 2.45) is 0 Å². The first kappa shape index (κ1) is 14.1. The summed E-state index contributed by atoms with van der Waals surface area (Å²) in [5.74, 6) is 0.